The quantitative estimate of drug-likeness (QED) is 0.795. The lowest BCUT2D eigenvalue weighted by Gasteiger charge is -2.29. The Kier molecular flexibility index (Phi) is 5.44. The van der Waals surface area contributed by atoms with E-state index in [1.54, 1.807) is 36.9 Å². The number of rotatable bonds is 5. The van der Waals surface area contributed by atoms with E-state index in [1.807, 2.05) is 19.1 Å². The van der Waals surface area contributed by atoms with Crippen LogP contribution in [0, 0.1) is 0 Å². The smallest absolute Gasteiger partial charge is 0.340 e. The number of aryl methyl sites for hydroxylation is 1. The van der Waals surface area contributed by atoms with Crippen LogP contribution < -0.4 is 20.8 Å². The number of hydrogen-bond acceptors (Lipinski definition) is 6. The summed E-state index contributed by atoms with van der Waals surface area (Å²) in [6.07, 6.45) is 1.60. The van der Waals surface area contributed by atoms with Gasteiger partial charge >= 0.3 is 5.97 Å². The molecule has 2 heterocycles. The molecule has 1 unspecified atom stereocenters. The maximum atomic E-state index is 13.2. The second-order valence-corrected chi connectivity index (χ2v) is 6.61. The molecule has 0 spiro atoms. The van der Waals surface area contributed by atoms with Gasteiger partial charge < -0.3 is 24.5 Å². The van der Waals surface area contributed by atoms with E-state index < -0.39 is 11.9 Å². The number of carbonyl (C=O) groups is 1. The number of carbonyl (C=O) groups excluding carboxylic acids is 1. The Hall–Kier alpha value is -3.22. The van der Waals surface area contributed by atoms with Crippen LogP contribution in [0.4, 0.5) is 0 Å². The van der Waals surface area contributed by atoms with Crippen molar-refractivity contribution in [3.8, 4) is 11.5 Å². The zero-order valence-electron chi connectivity index (χ0n) is 16.4. The lowest BCUT2D eigenvalue weighted by atomic mass is 9.83. The van der Waals surface area contributed by atoms with Gasteiger partial charge in [-0.15, -0.1) is 0 Å². The molecule has 2 N–H and O–H groups in total. The zero-order valence-corrected chi connectivity index (χ0v) is 16.4. The third-order valence-electron chi connectivity index (χ3n) is 4.93. The van der Waals surface area contributed by atoms with Crippen molar-refractivity contribution in [1.29, 1.82) is 0 Å². The highest BCUT2D eigenvalue weighted by atomic mass is 16.5. The van der Waals surface area contributed by atoms with E-state index in [4.69, 9.17) is 19.9 Å². The monoisotopic (exact) mass is 384 g/mol. The number of nitrogens with two attached hydrogens (primary N) is 1. The first-order chi connectivity index (χ1) is 13.4. The van der Waals surface area contributed by atoms with Crippen molar-refractivity contribution in [1.82, 2.24) is 4.57 Å². The topological polar surface area (TPSA) is 92.8 Å². The number of pyridine rings is 1. The van der Waals surface area contributed by atoms with Crippen LogP contribution in [0.1, 0.15) is 36.1 Å². The molecule has 1 aromatic heterocycles. The summed E-state index contributed by atoms with van der Waals surface area (Å²) < 4.78 is 17.5. The molecule has 1 aliphatic heterocycles. The van der Waals surface area contributed by atoms with Gasteiger partial charge in [0.1, 0.15) is 17.1 Å². The van der Waals surface area contributed by atoms with Crippen molar-refractivity contribution in [3.05, 3.63) is 69.0 Å². The molecule has 1 atom stereocenters. The Morgan fingerprint density at radius 2 is 2.04 bits per heavy atom. The molecule has 7 nitrogen and oxygen atoms in total. The molecule has 0 bridgehead atoms. The maximum absolute atomic E-state index is 13.2. The van der Waals surface area contributed by atoms with Crippen LogP contribution in [0.2, 0.25) is 0 Å². The molecule has 1 aliphatic rings. The number of benzene rings is 1. The molecule has 0 radical (unpaired) electrons. The molecule has 2 aromatic rings. The first-order valence-electron chi connectivity index (χ1n) is 9.05. The molecular weight excluding hydrogens is 360 g/mol. The van der Waals surface area contributed by atoms with E-state index in [2.05, 4.69) is 0 Å². The Morgan fingerprint density at radius 1 is 1.29 bits per heavy atom. The number of aromatic nitrogens is 1. The minimum Gasteiger partial charge on any atom is -0.497 e. The fraction of sp³-hybridized carbons (Fsp3) is 0.333. The Morgan fingerprint density at radius 3 is 2.68 bits per heavy atom. The molecule has 1 aromatic carbocycles. The predicted molar refractivity (Wildman–Crippen MR) is 104 cm³/mol. The highest BCUT2D eigenvalue weighted by Crippen LogP contribution is 2.41. The Balaban J connectivity index is 2.31. The number of esters is 1. The second-order valence-electron chi connectivity index (χ2n) is 6.61. The molecule has 7 heteroatoms. The van der Waals surface area contributed by atoms with Crippen molar-refractivity contribution < 1.29 is 19.0 Å². The second kappa shape index (κ2) is 7.80. The standard InChI is InChI=1S/C21H24N2O5/c1-5-7-13-11-15-17(20(24)23(13)2)16(12-8-6-9-14(10-12)26-3)18(19(22)28-15)21(25)27-4/h6,8-11,16H,5,7,22H2,1-4H3. The van der Waals surface area contributed by atoms with E-state index in [9.17, 15) is 9.59 Å². The van der Waals surface area contributed by atoms with Crippen LogP contribution in [0.5, 0.6) is 11.5 Å². The maximum Gasteiger partial charge on any atom is 0.340 e. The summed E-state index contributed by atoms with van der Waals surface area (Å²) >= 11 is 0. The van der Waals surface area contributed by atoms with Crippen LogP contribution in [-0.4, -0.2) is 24.8 Å². The Bertz CT molecular complexity index is 1010. The highest BCUT2D eigenvalue weighted by Gasteiger charge is 2.38. The van der Waals surface area contributed by atoms with Gasteiger partial charge in [-0.3, -0.25) is 4.79 Å². The minimum absolute atomic E-state index is 0.0668. The van der Waals surface area contributed by atoms with Crippen LogP contribution in [0.15, 0.2) is 46.6 Å². The average molecular weight is 384 g/mol. The van der Waals surface area contributed by atoms with E-state index in [0.717, 1.165) is 18.5 Å². The fourth-order valence-corrected chi connectivity index (χ4v) is 3.53. The summed E-state index contributed by atoms with van der Waals surface area (Å²) in [6.45, 7) is 2.04. The molecule has 0 saturated carbocycles. The molecule has 0 amide bonds. The molecule has 0 saturated heterocycles. The number of methoxy groups -OCH3 is 2. The van der Waals surface area contributed by atoms with Crippen LogP contribution in [-0.2, 0) is 23.0 Å². The first kappa shape index (κ1) is 19.5. The number of hydrogen-bond donors (Lipinski definition) is 1. The summed E-state index contributed by atoms with van der Waals surface area (Å²) in [5, 5.41) is 0. The lowest BCUT2D eigenvalue weighted by molar-refractivity contribution is -0.136. The number of fused-ring (bicyclic) bond motifs is 1. The van der Waals surface area contributed by atoms with Crippen LogP contribution in [0.3, 0.4) is 0 Å². The fourth-order valence-electron chi connectivity index (χ4n) is 3.53. The third kappa shape index (κ3) is 3.24. The van der Waals surface area contributed by atoms with E-state index in [0.29, 0.717) is 22.6 Å². The number of nitrogens with zero attached hydrogens (tertiary/aromatic N) is 1. The summed E-state index contributed by atoms with van der Waals surface area (Å²) in [4.78, 5) is 25.8. The number of ether oxygens (including phenoxy) is 3. The van der Waals surface area contributed by atoms with Gasteiger partial charge in [0, 0.05) is 18.8 Å². The SMILES string of the molecule is CCCc1cc2c(c(=O)n1C)C(c1cccc(OC)c1)C(C(=O)OC)=C(N)O2. The first-order valence-corrected chi connectivity index (χ1v) is 9.05. The van der Waals surface area contributed by atoms with Gasteiger partial charge in [0.25, 0.3) is 5.56 Å². The molecule has 3 rings (SSSR count). The van der Waals surface area contributed by atoms with E-state index in [1.165, 1.54) is 7.11 Å². The van der Waals surface area contributed by atoms with Gasteiger partial charge in [-0.05, 0) is 24.1 Å². The third-order valence-corrected chi connectivity index (χ3v) is 4.93. The van der Waals surface area contributed by atoms with Gasteiger partial charge in [-0.2, -0.15) is 0 Å². The molecular formula is C21H24N2O5. The van der Waals surface area contributed by atoms with E-state index >= 15 is 0 Å². The lowest BCUT2D eigenvalue weighted by Crippen LogP contribution is -2.34. The normalized spacial score (nSPS) is 15.6. The van der Waals surface area contributed by atoms with Crippen molar-refractivity contribution >= 4 is 5.97 Å². The van der Waals surface area contributed by atoms with Gasteiger partial charge in [0.2, 0.25) is 5.88 Å². The average Bonchev–Trinajstić information content (AvgIpc) is 2.70. The van der Waals surface area contributed by atoms with Crippen molar-refractivity contribution in [2.24, 2.45) is 12.8 Å². The molecule has 148 valence electrons. The summed E-state index contributed by atoms with van der Waals surface area (Å²) in [7, 11) is 4.54. The largest absolute Gasteiger partial charge is 0.497 e. The van der Waals surface area contributed by atoms with Crippen molar-refractivity contribution in [2.45, 2.75) is 25.7 Å². The van der Waals surface area contributed by atoms with Crippen molar-refractivity contribution in [3.63, 3.8) is 0 Å². The molecule has 0 aliphatic carbocycles. The minimum atomic E-state index is -0.722. The molecule has 0 fully saturated rings. The summed E-state index contributed by atoms with van der Waals surface area (Å²) in [5.74, 6) is -0.462. The van der Waals surface area contributed by atoms with Crippen LogP contribution >= 0.6 is 0 Å². The van der Waals surface area contributed by atoms with E-state index in [-0.39, 0.29) is 17.0 Å². The van der Waals surface area contributed by atoms with Gasteiger partial charge in [0.15, 0.2) is 0 Å². The summed E-state index contributed by atoms with van der Waals surface area (Å²) in [6, 6.07) is 8.99. The summed E-state index contributed by atoms with van der Waals surface area (Å²) in [5.41, 5.74) is 7.84. The highest BCUT2D eigenvalue weighted by molar-refractivity contribution is 5.92. The Labute approximate surface area is 163 Å². The van der Waals surface area contributed by atoms with Crippen LogP contribution in [0.25, 0.3) is 0 Å². The molecule has 28 heavy (non-hydrogen) atoms. The zero-order chi connectivity index (χ0) is 20.4. The van der Waals surface area contributed by atoms with Gasteiger partial charge in [-0.1, -0.05) is 25.5 Å². The van der Waals surface area contributed by atoms with Gasteiger partial charge in [0.05, 0.1) is 25.7 Å². The predicted octanol–water partition coefficient (Wildman–Crippen LogP) is 2.21. The van der Waals surface area contributed by atoms with Gasteiger partial charge in [-0.25, -0.2) is 4.79 Å². The van der Waals surface area contributed by atoms with Crippen molar-refractivity contribution in [2.75, 3.05) is 14.2 Å².